The van der Waals surface area contributed by atoms with Crippen molar-refractivity contribution in [3.8, 4) is 17.0 Å². The summed E-state index contributed by atoms with van der Waals surface area (Å²) in [6.45, 7) is 4.79. The summed E-state index contributed by atoms with van der Waals surface area (Å²) >= 11 is 4.23. The van der Waals surface area contributed by atoms with Gasteiger partial charge in [0.15, 0.2) is 0 Å². The first-order chi connectivity index (χ1) is 10.1. The number of benzene rings is 1. The van der Waals surface area contributed by atoms with Crippen molar-refractivity contribution >= 4 is 12.6 Å². The SMILES string of the molecule is CCCn1c(-c2ccc(OC)c(C)c2)ccc(CS)c1=O. The average molecular weight is 303 g/mol. The summed E-state index contributed by atoms with van der Waals surface area (Å²) in [6, 6.07) is 9.87. The van der Waals surface area contributed by atoms with Crippen LogP contribution < -0.4 is 10.3 Å². The molecular weight excluding hydrogens is 282 g/mol. The van der Waals surface area contributed by atoms with Crippen molar-refractivity contribution in [2.45, 2.75) is 32.6 Å². The molecule has 1 aromatic carbocycles. The van der Waals surface area contributed by atoms with Crippen molar-refractivity contribution < 1.29 is 4.74 Å². The second kappa shape index (κ2) is 6.85. The molecule has 0 fully saturated rings. The van der Waals surface area contributed by atoms with Crippen LogP contribution in [0.3, 0.4) is 0 Å². The van der Waals surface area contributed by atoms with Gasteiger partial charge < -0.3 is 9.30 Å². The first kappa shape index (κ1) is 15.7. The number of pyridine rings is 1. The van der Waals surface area contributed by atoms with Crippen LogP contribution in [0.4, 0.5) is 0 Å². The molecular formula is C17H21NO2S. The Labute approximate surface area is 131 Å². The highest BCUT2D eigenvalue weighted by molar-refractivity contribution is 7.79. The molecule has 0 bridgehead atoms. The highest BCUT2D eigenvalue weighted by Crippen LogP contribution is 2.26. The zero-order valence-electron chi connectivity index (χ0n) is 12.7. The van der Waals surface area contributed by atoms with Gasteiger partial charge in [-0.05, 0) is 48.7 Å². The van der Waals surface area contributed by atoms with E-state index >= 15 is 0 Å². The molecule has 2 aromatic rings. The van der Waals surface area contributed by atoms with E-state index in [0.29, 0.717) is 12.3 Å². The third-order valence-electron chi connectivity index (χ3n) is 3.56. The van der Waals surface area contributed by atoms with E-state index in [-0.39, 0.29) is 5.56 Å². The van der Waals surface area contributed by atoms with Crippen molar-refractivity contribution in [3.05, 3.63) is 51.8 Å². The summed E-state index contributed by atoms with van der Waals surface area (Å²) in [6.07, 6.45) is 0.915. The molecule has 21 heavy (non-hydrogen) atoms. The number of aromatic nitrogens is 1. The van der Waals surface area contributed by atoms with Crippen LogP contribution in [0.5, 0.6) is 5.75 Å². The highest BCUT2D eigenvalue weighted by Gasteiger charge is 2.10. The molecule has 0 unspecified atom stereocenters. The second-order valence-corrected chi connectivity index (χ2v) is 5.36. The molecule has 1 aromatic heterocycles. The quantitative estimate of drug-likeness (QED) is 0.855. The van der Waals surface area contributed by atoms with E-state index in [0.717, 1.165) is 34.6 Å². The summed E-state index contributed by atoms with van der Waals surface area (Å²) in [5.41, 5.74) is 3.82. The van der Waals surface area contributed by atoms with Crippen LogP contribution in [0.1, 0.15) is 24.5 Å². The summed E-state index contributed by atoms with van der Waals surface area (Å²) in [5, 5.41) is 0. The van der Waals surface area contributed by atoms with Crippen LogP contribution in [0, 0.1) is 6.92 Å². The van der Waals surface area contributed by atoms with E-state index in [2.05, 4.69) is 25.6 Å². The molecule has 1 heterocycles. The predicted octanol–water partition coefficient (Wildman–Crippen LogP) is 3.67. The molecule has 0 N–H and O–H groups in total. The molecule has 0 saturated heterocycles. The molecule has 2 rings (SSSR count). The molecule has 4 heteroatoms. The van der Waals surface area contributed by atoms with Crippen molar-refractivity contribution in [2.24, 2.45) is 0 Å². The highest BCUT2D eigenvalue weighted by atomic mass is 32.1. The van der Waals surface area contributed by atoms with E-state index < -0.39 is 0 Å². The Morgan fingerprint density at radius 2 is 2.00 bits per heavy atom. The molecule has 0 saturated carbocycles. The Hall–Kier alpha value is -1.68. The molecule has 0 aliphatic heterocycles. The first-order valence-electron chi connectivity index (χ1n) is 7.11. The summed E-state index contributed by atoms with van der Waals surface area (Å²) in [5.74, 6) is 1.32. The van der Waals surface area contributed by atoms with E-state index in [1.807, 2.05) is 35.8 Å². The van der Waals surface area contributed by atoms with Crippen LogP contribution in [0.2, 0.25) is 0 Å². The van der Waals surface area contributed by atoms with Gasteiger partial charge in [-0.2, -0.15) is 12.6 Å². The Morgan fingerprint density at radius 1 is 1.24 bits per heavy atom. The summed E-state index contributed by atoms with van der Waals surface area (Å²) < 4.78 is 7.14. The second-order valence-electron chi connectivity index (χ2n) is 5.04. The summed E-state index contributed by atoms with van der Waals surface area (Å²) in [4.78, 5) is 12.5. The van der Waals surface area contributed by atoms with Gasteiger partial charge in [-0.1, -0.05) is 13.0 Å². The van der Waals surface area contributed by atoms with E-state index in [1.54, 1.807) is 7.11 Å². The number of nitrogens with zero attached hydrogens (tertiary/aromatic N) is 1. The summed E-state index contributed by atoms with van der Waals surface area (Å²) in [7, 11) is 1.66. The van der Waals surface area contributed by atoms with Gasteiger partial charge >= 0.3 is 0 Å². The molecule has 0 aliphatic rings. The molecule has 112 valence electrons. The number of aryl methyl sites for hydroxylation is 1. The predicted molar refractivity (Wildman–Crippen MR) is 90.4 cm³/mol. The normalized spacial score (nSPS) is 10.7. The largest absolute Gasteiger partial charge is 0.496 e. The minimum atomic E-state index is 0.0535. The maximum absolute atomic E-state index is 12.5. The maximum Gasteiger partial charge on any atom is 0.255 e. The fraction of sp³-hybridized carbons (Fsp3) is 0.353. The van der Waals surface area contributed by atoms with Gasteiger partial charge in [0.25, 0.3) is 5.56 Å². The minimum absolute atomic E-state index is 0.0535. The number of rotatable bonds is 5. The van der Waals surface area contributed by atoms with Gasteiger partial charge in [-0.25, -0.2) is 0 Å². The van der Waals surface area contributed by atoms with Crippen molar-refractivity contribution in [1.29, 1.82) is 0 Å². The number of hydrogen-bond donors (Lipinski definition) is 1. The lowest BCUT2D eigenvalue weighted by Gasteiger charge is -2.15. The third-order valence-corrected chi connectivity index (χ3v) is 3.90. The minimum Gasteiger partial charge on any atom is -0.496 e. The van der Waals surface area contributed by atoms with Gasteiger partial charge in [0.05, 0.1) is 12.8 Å². The fourth-order valence-electron chi connectivity index (χ4n) is 2.48. The Kier molecular flexibility index (Phi) is 5.12. The number of ether oxygens (including phenoxy) is 1. The fourth-order valence-corrected chi connectivity index (χ4v) is 2.72. The van der Waals surface area contributed by atoms with E-state index in [9.17, 15) is 4.79 Å². The van der Waals surface area contributed by atoms with Crippen molar-refractivity contribution in [3.63, 3.8) is 0 Å². The lowest BCUT2D eigenvalue weighted by Crippen LogP contribution is -2.24. The van der Waals surface area contributed by atoms with Gasteiger partial charge in [0.1, 0.15) is 5.75 Å². The standard InChI is InChI=1S/C17H21NO2S/c1-4-9-18-15(7-5-14(11-21)17(18)19)13-6-8-16(20-3)12(2)10-13/h5-8,10,21H,4,9,11H2,1-3H3. The van der Waals surface area contributed by atoms with Crippen LogP contribution in [0.15, 0.2) is 35.1 Å². The van der Waals surface area contributed by atoms with E-state index in [1.165, 1.54) is 0 Å². The molecule has 3 nitrogen and oxygen atoms in total. The molecule has 0 spiro atoms. The average Bonchev–Trinajstić information content (AvgIpc) is 2.49. The van der Waals surface area contributed by atoms with Crippen LogP contribution in [-0.4, -0.2) is 11.7 Å². The molecule has 0 atom stereocenters. The smallest absolute Gasteiger partial charge is 0.255 e. The Balaban J connectivity index is 2.60. The van der Waals surface area contributed by atoms with Crippen LogP contribution >= 0.6 is 12.6 Å². The van der Waals surface area contributed by atoms with E-state index in [4.69, 9.17) is 4.74 Å². The van der Waals surface area contributed by atoms with Crippen molar-refractivity contribution in [2.75, 3.05) is 7.11 Å². The van der Waals surface area contributed by atoms with Crippen molar-refractivity contribution in [1.82, 2.24) is 4.57 Å². The Morgan fingerprint density at radius 3 is 2.57 bits per heavy atom. The molecule has 0 aliphatic carbocycles. The number of thiol groups is 1. The van der Waals surface area contributed by atoms with Gasteiger partial charge in [-0.3, -0.25) is 4.79 Å². The molecule has 0 radical (unpaired) electrons. The van der Waals surface area contributed by atoms with Crippen LogP contribution in [0.25, 0.3) is 11.3 Å². The Bertz CT molecular complexity index is 692. The lowest BCUT2D eigenvalue weighted by molar-refractivity contribution is 0.412. The van der Waals surface area contributed by atoms with Crippen LogP contribution in [-0.2, 0) is 12.3 Å². The third kappa shape index (κ3) is 3.16. The number of hydrogen-bond acceptors (Lipinski definition) is 3. The lowest BCUT2D eigenvalue weighted by atomic mass is 10.1. The zero-order valence-corrected chi connectivity index (χ0v) is 13.6. The monoisotopic (exact) mass is 303 g/mol. The number of methoxy groups -OCH3 is 1. The first-order valence-corrected chi connectivity index (χ1v) is 7.74. The van der Waals surface area contributed by atoms with Gasteiger partial charge in [0.2, 0.25) is 0 Å². The molecule has 0 amide bonds. The van der Waals surface area contributed by atoms with Gasteiger partial charge in [-0.15, -0.1) is 0 Å². The van der Waals surface area contributed by atoms with Gasteiger partial charge in [0, 0.05) is 17.9 Å². The zero-order chi connectivity index (χ0) is 15.4. The maximum atomic E-state index is 12.5. The topological polar surface area (TPSA) is 31.2 Å².